The molecule has 1 heterocycles. The van der Waals surface area contributed by atoms with Crippen molar-refractivity contribution in [2.75, 3.05) is 51.8 Å². The van der Waals surface area contributed by atoms with Gasteiger partial charge in [0, 0.05) is 50.5 Å². The summed E-state index contributed by atoms with van der Waals surface area (Å²) >= 11 is 5.96. The number of carbonyl (C=O) groups is 1. The Morgan fingerprint density at radius 2 is 1.90 bits per heavy atom. The first kappa shape index (κ1) is 22.0. The van der Waals surface area contributed by atoms with E-state index in [2.05, 4.69) is 10.2 Å². The molecule has 1 aliphatic heterocycles. The highest BCUT2D eigenvalue weighted by Gasteiger charge is 2.25. The van der Waals surface area contributed by atoms with Gasteiger partial charge >= 0.3 is 0 Å². The lowest BCUT2D eigenvalue weighted by Crippen LogP contribution is -2.43. The molecule has 8 nitrogen and oxygen atoms in total. The average molecular weight is 433 g/mol. The molecule has 0 aromatic heterocycles. The Balaban J connectivity index is 1.81. The predicted molar refractivity (Wildman–Crippen MR) is 116 cm³/mol. The number of carbonyl (C=O) groups excluding carboxylic acids is 1. The van der Waals surface area contributed by atoms with Gasteiger partial charge in [-0.15, -0.1) is 0 Å². The second kappa shape index (κ2) is 9.88. The van der Waals surface area contributed by atoms with Gasteiger partial charge < -0.3 is 15.0 Å². The summed E-state index contributed by atoms with van der Waals surface area (Å²) in [6, 6.07) is 12.1. The molecule has 9 heteroatoms. The molecule has 0 radical (unpaired) electrons. The molecule has 1 unspecified atom stereocenters. The maximum atomic E-state index is 12.8. The van der Waals surface area contributed by atoms with Crippen molar-refractivity contribution in [3.05, 3.63) is 68.7 Å². The minimum atomic E-state index is -0.579. The van der Waals surface area contributed by atoms with Crippen LogP contribution in [0.3, 0.4) is 0 Å². The number of benzene rings is 2. The van der Waals surface area contributed by atoms with E-state index in [9.17, 15) is 14.9 Å². The number of hydrogen-bond acceptors (Lipinski definition) is 6. The van der Waals surface area contributed by atoms with E-state index in [1.54, 1.807) is 0 Å². The topological polar surface area (TPSA) is 88.0 Å². The van der Waals surface area contributed by atoms with Crippen molar-refractivity contribution in [1.82, 2.24) is 10.2 Å². The van der Waals surface area contributed by atoms with Crippen LogP contribution in [0.2, 0.25) is 5.02 Å². The van der Waals surface area contributed by atoms with Gasteiger partial charge in [-0.05, 0) is 29.8 Å². The minimum absolute atomic E-state index is 0.0452. The number of anilines is 1. The molecule has 0 bridgehead atoms. The quantitative estimate of drug-likeness (QED) is 0.534. The number of ether oxygens (including phenoxy) is 1. The third kappa shape index (κ3) is 5.27. The van der Waals surface area contributed by atoms with Gasteiger partial charge in [-0.2, -0.15) is 0 Å². The summed E-state index contributed by atoms with van der Waals surface area (Å²) in [6.45, 7) is 3.05. The van der Waals surface area contributed by atoms with Crippen LogP contribution in [-0.2, 0) is 4.74 Å². The first-order valence-corrected chi connectivity index (χ1v) is 10.1. The summed E-state index contributed by atoms with van der Waals surface area (Å²) in [6.07, 6.45) is 0. The van der Waals surface area contributed by atoms with E-state index < -0.39 is 10.8 Å². The lowest BCUT2D eigenvalue weighted by molar-refractivity contribution is -0.385. The van der Waals surface area contributed by atoms with E-state index in [0.29, 0.717) is 19.8 Å². The van der Waals surface area contributed by atoms with Crippen LogP contribution in [0.1, 0.15) is 22.0 Å². The van der Waals surface area contributed by atoms with Crippen LogP contribution in [0.15, 0.2) is 42.5 Å². The molecule has 1 N–H and O–H groups in total. The predicted octanol–water partition coefficient (Wildman–Crippen LogP) is 3.12. The molecule has 1 fully saturated rings. The number of morpholine rings is 1. The maximum Gasteiger partial charge on any atom is 0.282 e. The number of halogens is 1. The number of rotatable bonds is 7. The van der Waals surface area contributed by atoms with E-state index in [1.165, 1.54) is 18.2 Å². The second-order valence-electron chi connectivity index (χ2n) is 7.28. The molecule has 2 aromatic rings. The Kier molecular flexibility index (Phi) is 7.25. The Labute approximate surface area is 180 Å². The molecule has 30 heavy (non-hydrogen) atoms. The molecule has 1 atom stereocenters. The highest BCUT2D eigenvalue weighted by molar-refractivity contribution is 6.31. The van der Waals surface area contributed by atoms with E-state index in [0.717, 1.165) is 24.3 Å². The fraction of sp³-hybridized carbons (Fsp3) is 0.381. The Hall–Kier alpha value is -2.68. The first-order valence-electron chi connectivity index (χ1n) is 9.68. The van der Waals surface area contributed by atoms with Crippen molar-refractivity contribution in [2.45, 2.75) is 6.04 Å². The van der Waals surface area contributed by atoms with Gasteiger partial charge in [-0.3, -0.25) is 19.8 Å². The molecule has 3 rings (SSSR count). The number of nitrogens with zero attached hydrogens (tertiary/aromatic N) is 3. The molecule has 0 saturated carbocycles. The largest absolute Gasteiger partial charge is 0.379 e. The Morgan fingerprint density at radius 3 is 2.50 bits per heavy atom. The van der Waals surface area contributed by atoms with Gasteiger partial charge in [-0.1, -0.05) is 23.7 Å². The minimum Gasteiger partial charge on any atom is -0.379 e. The molecule has 160 valence electrons. The average Bonchev–Trinajstić information content (AvgIpc) is 2.74. The molecule has 1 amide bonds. The van der Waals surface area contributed by atoms with Gasteiger partial charge in [0.25, 0.3) is 11.6 Å². The van der Waals surface area contributed by atoms with E-state index in [1.807, 2.05) is 43.3 Å². The Bertz CT molecular complexity index is 898. The Morgan fingerprint density at radius 1 is 1.23 bits per heavy atom. The molecular weight excluding hydrogens is 408 g/mol. The molecule has 2 aromatic carbocycles. The third-order valence-corrected chi connectivity index (χ3v) is 5.37. The highest BCUT2D eigenvalue weighted by Crippen LogP contribution is 2.25. The summed E-state index contributed by atoms with van der Waals surface area (Å²) in [7, 11) is 3.96. The zero-order valence-corrected chi connectivity index (χ0v) is 17.8. The van der Waals surface area contributed by atoms with Crippen LogP contribution < -0.4 is 10.2 Å². The summed E-state index contributed by atoms with van der Waals surface area (Å²) in [5.74, 6) is -0.521. The van der Waals surface area contributed by atoms with E-state index in [4.69, 9.17) is 16.3 Å². The fourth-order valence-electron chi connectivity index (χ4n) is 3.48. The molecule has 1 aliphatic rings. The van der Waals surface area contributed by atoms with Crippen molar-refractivity contribution >= 4 is 28.9 Å². The van der Waals surface area contributed by atoms with Gasteiger partial charge in [-0.25, -0.2) is 0 Å². The van der Waals surface area contributed by atoms with Crippen LogP contribution in [0.4, 0.5) is 11.4 Å². The number of nitro groups is 1. The number of nitrogens with one attached hydrogen (secondary N) is 1. The molecule has 0 spiro atoms. The summed E-state index contributed by atoms with van der Waals surface area (Å²) in [5.41, 5.74) is 1.83. The third-order valence-electron chi connectivity index (χ3n) is 5.14. The van der Waals surface area contributed by atoms with Gasteiger partial charge in [0.2, 0.25) is 0 Å². The smallest absolute Gasteiger partial charge is 0.282 e. The van der Waals surface area contributed by atoms with E-state index in [-0.39, 0.29) is 22.3 Å². The van der Waals surface area contributed by atoms with Gasteiger partial charge in [0.05, 0.1) is 24.2 Å². The van der Waals surface area contributed by atoms with Crippen molar-refractivity contribution in [3.8, 4) is 0 Å². The van der Waals surface area contributed by atoms with Gasteiger partial charge in [0.1, 0.15) is 5.56 Å². The normalized spacial score (nSPS) is 15.4. The van der Waals surface area contributed by atoms with Crippen LogP contribution in [0.5, 0.6) is 0 Å². The second-order valence-corrected chi connectivity index (χ2v) is 7.72. The van der Waals surface area contributed by atoms with Crippen LogP contribution >= 0.6 is 11.6 Å². The van der Waals surface area contributed by atoms with Crippen molar-refractivity contribution in [2.24, 2.45) is 0 Å². The molecular formula is C21H25ClN4O4. The summed E-state index contributed by atoms with van der Waals surface area (Å²) in [5, 5.41) is 14.4. The summed E-state index contributed by atoms with van der Waals surface area (Å²) in [4.78, 5) is 27.7. The van der Waals surface area contributed by atoms with Crippen LogP contribution in [-0.4, -0.2) is 62.7 Å². The zero-order chi connectivity index (χ0) is 21.7. The SMILES string of the molecule is CN(C)c1ccc(C(CNC(=O)c2cc(Cl)ccc2[N+](=O)[O-])N2CCOCC2)cc1. The zero-order valence-electron chi connectivity index (χ0n) is 17.0. The van der Waals surface area contributed by atoms with E-state index >= 15 is 0 Å². The van der Waals surface area contributed by atoms with Gasteiger partial charge in [0.15, 0.2) is 0 Å². The molecule has 1 saturated heterocycles. The fourth-order valence-corrected chi connectivity index (χ4v) is 3.65. The monoisotopic (exact) mass is 432 g/mol. The first-order chi connectivity index (χ1) is 14.4. The maximum absolute atomic E-state index is 12.8. The number of hydrogen-bond donors (Lipinski definition) is 1. The number of amides is 1. The lowest BCUT2D eigenvalue weighted by Gasteiger charge is -2.35. The van der Waals surface area contributed by atoms with Crippen molar-refractivity contribution < 1.29 is 14.5 Å². The lowest BCUT2D eigenvalue weighted by atomic mass is 10.0. The highest BCUT2D eigenvalue weighted by atomic mass is 35.5. The van der Waals surface area contributed by atoms with Crippen LogP contribution in [0, 0.1) is 10.1 Å². The van der Waals surface area contributed by atoms with Crippen molar-refractivity contribution in [3.63, 3.8) is 0 Å². The van der Waals surface area contributed by atoms with Crippen molar-refractivity contribution in [1.29, 1.82) is 0 Å². The van der Waals surface area contributed by atoms with Crippen LogP contribution in [0.25, 0.3) is 0 Å². The number of nitro benzene ring substituents is 1. The molecule has 0 aliphatic carbocycles. The summed E-state index contributed by atoms with van der Waals surface area (Å²) < 4.78 is 5.46. The standard InChI is InChI=1S/C21H25ClN4O4/c1-24(2)17-6-3-15(4-7-17)20(25-9-11-30-12-10-25)14-23-21(27)18-13-16(22)5-8-19(18)26(28)29/h3-8,13,20H,9-12,14H2,1-2H3,(H,23,27).